The van der Waals surface area contributed by atoms with Crippen molar-refractivity contribution in [2.24, 2.45) is 0 Å². The van der Waals surface area contributed by atoms with Gasteiger partial charge in [0.15, 0.2) is 0 Å². The van der Waals surface area contributed by atoms with Crippen LogP contribution in [0.3, 0.4) is 0 Å². The first-order valence-electron chi connectivity index (χ1n) is 5.43. The molecule has 0 spiro atoms. The highest BCUT2D eigenvalue weighted by Gasteiger charge is 2.01. The van der Waals surface area contributed by atoms with Gasteiger partial charge in [0.25, 0.3) is 0 Å². The number of benzene rings is 1. The molecule has 1 aromatic carbocycles. The molecule has 0 radical (unpaired) electrons. The van der Waals surface area contributed by atoms with Gasteiger partial charge in [0, 0.05) is 12.6 Å². The Morgan fingerprint density at radius 3 is 2.50 bits per heavy atom. The van der Waals surface area contributed by atoms with Crippen molar-refractivity contribution in [3.63, 3.8) is 0 Å². The van der Waals surface area contributed by atoms with Crippen LogP contribution < -0.4 is 5.32 Å². The average Bonchev–Trinajstić information content (AvgIpc) is 2.33. The number of hydrogen-bond donors (Lipinski definition) is 1. The third kappa shape index (κ3) is 2.06. The van der Waals surface area contributed by atoms with Gasteiger partial charge < -0.3 is 5.32 Å². The Labute approximate surface area is 96.4 Å². The lowest BCUT2D eigenvalue weighted by Gasteiger charge is -2.06. The van der Waals surface area contributed by atoms with Gasteiger partial charge in [-0.3, -0.25) is 0 Å². The number of aryl methyl sites for hydroxylation is 2. The quantitative estimate of drug-likeness (QED) is 0.825. The SMILES string of the molecule is CNc1cccc(-c2ccc(C)c(C)c2)n1. The molecule has 0 aliphatic carbocycles. The maximum absolute atomic E-state index is 4.52. The minimum Gasteiger partial charge on any atom is -0.373 e. The van der Waals surface area contributed by atoms with Crippen LogP contribution in [-0.2, 0) is 0 Å². The van der Waals surface area contributed by atoms with E-state index < -0.39 is 0 Å². The molecule has 2 heteroatoms. The highest BCUT2D eigenvalue weighted by atomic mass is 15.0. The van der Waals surface area contributed by atoms with Crippen molar-refractivity contribution in [2.75, 3.05) is 12.4 Å². The van der Waals surface area contributed by atoms with Gasteiger partial charge >= 0.3 is 0 Å². The number of nitrogens with one attached hydrogen (secondary N) is 1. The van der Waals surface area contributed by atoms with Gasteiger partial charge in [-0.2, -0.15) is 0 Å². The van der Waals surface area contributed by atoms with Crippen LogP contribution >= 0.6 is 0 Å². The Morgan fingerprint density at radius 2 is 1.81 bits per heavy atom. The smallest absolute Gasteiger partial charge is 0.126 e. The summed E-state index contributed by atoms with van der Waals surface area (Å²) in [5, 5.41) is 3.05. The first-order valence-corrected chi connectivity index (χ1v) is 5.43. The molecule has 2 nitrogen and oxygen atoms in total. The van der Waals surface area contributed by atoms with Crippen LogP contribution in [0.2, 0.25) is 0 Å². The molecule has 0 unspecified atom stereocenters. The summed E-state index contributed by atoms with van der Waals surface area (Å²) in [6.07, 6.45) is 0. The molecule has 0 saturated carbocycles. The number of nitrogens with zero attached hydrogens (tertiary/aromatic N) is 1. The third-order valence-electron chi connectivity index (χ3n) is 2.81. The topological polar surface area (TPSA) is 24.9 Å². The lowest BCUT2D eigenvalue weighted by Crippen LogP contribution is -1.93. The number of pyridine rings is 1. The van der Waals surface area contributed by atoms with Crippen molar-refractivity contribution >= 4 is 5.82 Å². The Balaban J connectivity index is 2.46. The van der Waals surface area contributed by atoms with Crippen molar-refractivity contribution < 1.29 is 0 Å². The summed E-state index contributed by atoms with van der Waals surface area (Å²) in [4.78, 5) is 4.52. The van der Waals surface area contributed by atoms with Crippen LogP contribution in [0.25, 0.3) is 11.3 Å². The lowest BCUT2D eigenvalue weighted by atomic mass is 10.0. The van der Waals surface area contributed by atoms with E-state index >= 15 is 0 Å². The molecule has 0 bridgehead atoms. The first kappa shape index (κ1) is 10.7. The molecule has 0 amide bonds. The van der Waals surface area contributed by atoms with Gasteiger partial charge in [-0.25, -0.2) is 4.98 Å². The fourth-order valence-electron chi connectivity index (χ4n) is 1.64. The van der Waals surface area contributed by atoms with Crippen molar-refractivity contribution in [3.05, 3.63) is 47.5 Å². The minimum absolute atomic E-state index is 0.899. The summed E-state index contributed by atoms with van der Waals surface area (Å²) in [6, 6.07) is 12.4. The van der Waals surface area contributed by atoms with Crippen LogP contribution in [0, 0.1) is 13.8 Å². The van der Waals surface area contributed by atoms with Gasteiger partial charge in [-0.15, -0.1) is 0 Å². The Kier molecular flexibility index (Phi) is 2.91. The predicted octanol–water partition coefficient (Wildman–Crippen LogP) is 3.41. The summed E-state index contributed by atoms with van der Waals surface area (Å²) in [5.41, 5.74) is 4.79. The molecule has 0 fully saturated rings. The highest BCUT2D eigenvalue weighted by Crippen LogP contribution is 2.21. The van der Waals surface area contributed by atoms with Gasteiger partial charge in [0.2, 0.25) is 0 Å². The molecule has 1 N–H and O–H groups in total. The van der Waals surface area contributed by atoms with Crippen LogP contribution in [0.1, 0.15) is 11.1 Å². The summed E-state index contributed by atoms with van der Waals surface area (Å²) < 4.78 is 0. The van der Waals surface area contributed by atoms with E-state index in [0.717, 1.165) is 11.5 Å². The van der Waals surface area contributed by atoms with Crippen LogP contribution in [0.5, 0.6) is 0 Å². The van der Waals surface area contributed by atoms with Crippen molar-refractivity contribution in [3.8, 4) is 11.3 Å². The number of hydrogen-bond acceptors (Lipinski definition) is 2. The standard InChI is InChI=1S/C14H16N2/c1-10-7-8-12(9-11(10)2)13-5-4-6-14(15-3)16-13/h4-9H,1-3H3,(H,15,16). The first-order chi connectivity index (χ1) is 7.70. The molecule has 0 aliphatic heterocycles. The van der Waals surface area contributed by atoms with E-state index in [0.29, 0.717) is 0 Å². The zero-order chi connectivity index (χ0) is 11.5. The average molecular weight is 212 g/mol. The van der Waals surface area contributed by atoms with Crippen LogP contribution in [-0.4, -0.2) is 12.0 Å². The second kappa shape index (κ2) is 4.35. The Morgan fingerprint density at radius 1 is 1.00 bits per heavy atom. The van der Waals surface area contributed by atoms with E-state index in [-0.39, 0.29) is 0 Å². The molecule has 0 saturated heterocycles. The molecule has 0 atom stereocenters. The predicted molar refractivity (Wildman–Crippen MR) is 68.7 cm³/mol. The minimum atomic E-state index is 0.899. The van der Waals surface area contributed by atoms with E-state index in [2.05, 4.69) is 42.3 Å². The summed E-state index contributed by atoms with van der Waals surface area (Å²) in [7, 11) is 1.88. The number of aromatic nitrogens is 1. The Bertz CT molecular complexity index is 504. The van der Waals surface area contributed by atoms with Gasteiger partial charge in [-0.05, 0) is 43.2 Å². The maximum Gasteiger partial charge on any atom is 0.126 e. The second-order valence-electron chi connectivity index (χ2n) is 3.96. The summed E-state index contributed by atoms with van der Waals surface area (Å²) >= 11 is 0. The van der Waals surface area contributed by atoms with Crippen molar-refractivity contribution in [1.82, 2.24) is 4.98 Å². The molecular weight excluding hydrogens is 196 g/mol. The molecule has 1 aromatic heterocycles. The zero-order valence-electron chi connectivity index (χ0n) is 9.91. The Hall–Kier alpha value is -1.83. The van der Waals surface area contributed by atoms with E-state index in [1.165, 1.54) is 16.7 Å². The molecule has 0 aliphatic rings. The van der Waals surface area contributed by atoms with Gasteiger partial charge in [-0.1, -0.05) is 18.2 Å². The number of anilines is 1. The van der Waals surface area contributed by atoms with Crippen LogP contribution in [0.4, 0.5) is 5.82 Å². The summed E-state index contributed by atoms with van der Waals surface area (Å²) in [6.45, 7) is 4.25. The molecule has 16 heavy (non-hydrogen) atoms. The van der Waals surface area contributed by atoms with Crippen molar-refractivity contribution in [1.29, 1.82) is 0 Å². The number of rotatable bonds is 2. The fourth-order valence-corrected chi connectivity index (χ4v) is 1.64. The normalized spacial score (nSPS) is 10.2. The molecule has 1 heterocycles. The van der Waals surface area contributed by atoms with E-state index in [1.807, 2.05) is 25.2 Å². The lowest BCUT2D eigenvalue weighted by molar-refractivity contribution is 1.27. The van der Waals surface area contributed by atoms with E-state index in [1.54, 1.807) is 0 Å². The molecule has 2 aromatic rings. The van der Waals surface area contributed by atoms with Gasteiger partial charge in [0.1, 0.15) is 5.82 Å². The molecule has 2 rings (SSSR count). The second-order valence-corrected chi connectivity index (χ2v) is 3.96. The largest absolute Gasteiger partial charge is 0.373 e. The van der Waals surface area contributed by atoms with Crippen molar-refractivity contribution in [2.45, 2.75) is 13.8 Å². The van der Waals surface area contributed by atoms with Crippen LogP contribution in [0.15, 0.2) is 36.4 Å². The van der Waals surface area contributed by atoms with Gasteiger partial charge in [0.05, 0.1) is 5.69 Å². The third-order valence-corrected chi connectivity index (χ3v) is 2.81. The monoisotopic (exact) mass is 212 g/mol. The van der Waals surface area contributed by atoms with E-state index in [4.69, 9.17) is 0 Å². The maximum atomic E-state index is 4.52. The fraction of sp³-hybridized carbons (Fsp3) is 0.214. The highest BCUT2D eigenvalue weighted by molar-refractivity contribution is 5.62. The molecule has 82 valence electrons. The zero-order valence-corrected chi connectivity index (χ0v) is 9.91. The summed E-state index contributed by atoms with van der Waals surface area (Å²) in [5.74, 6) is 0.899. The van der Waals surface area contributed by atoms with E-state index in [9.17, 15) is 0 Å². The molecular formula is C14H16N2.